The number of piperidine rings is 1. The fourth-order valence-corrected chi connectivity index (χ4v) is 3.55. The SMILES string of the molecule is CCCC(=O)N1CCCC(C(=O)N(C)Cc2ccc(OC(F)F)c(OCC)c2)C1. The van der Waals surface area contributed by atoms with Crippen LogP contribution in [-0.2, 0) is 16.1 Å². The van der Waals surface area contributed by atoms with Crippen LogP contribution in [0.4, 0.5) is 8.78 Å². The summed E-state index contributed by atoms with van der Waals surface area (Å²) in [6.07, 6.45) is 2.86. The van der Waals surface area contributed by atoms with E-state index in [9.17, 15) is 18.4 Å². The summed E-state index contributed by atoms with van der Waals surface area (Å²) in [6.45, 7) is 2.56. The van der Waals surface area contributed by atoms with E-state index in [-0.39, 0.29) is 29.2 Å². The van der Waals surface area contributed by atoms with Crippen molar-refractivity contribution < 1.29 is 27.8 Å². The second-order valence-corrected chi connectivity index (χ2v) is 7.22. The molecule has 162 valence electrons. The molecule has 1 aliphatic heterocycles. The first kappa shape index (κ1) is 22.9. The van der Waals surface area contributed by atoms with E-state index in [1.165, 1.54) is 6.07 Å². The lowest BCUT2D eigenvalue weighted by Crippen LogP contribution is -2.45. The molecule has 1 heterocycles. The van der Waals surface area contributed by atoms with Crippen LogP contribution in [0.5, 0.6) is 11.5 Å². The Morgan fingerprint density at radius 3 is 2.69 bits per heavy atom. The number of rotatable bonds is 9. The van der Waals surface area contributed by atoms with E-state index >= 15 is 0 Å². The minimum Gasteiger partial charge on any atom is -0.490 e. The molecule has 0 saturated carbocycles. The smallest absolute Gasteiger partial charge is 0.387 e. The maximum Gasteiger partial charge on any atom is 0.387 e. The second kappa shape index (κ2) is 11.0. The molecule has 6 nitrogen and oxygen atoms in total. The van der Waals surface area contributed by atoms with E-state index in [1.807, 2.05) is 6.92 Å². The van der Waals surface area contributed by atoms with Crippen molar-refractivity contribution in [2.24, 2.45) is 5.92 Å². The average Bonchev–Trinajstić information content (AvgIpc) is 2.69. The standard InChI is InChI=1S/C21H30F2N2O4/c1-4-7-19(26)25-11-6-8-16(14-25)20(27)24(3)13-15-9-10-17(29-21(22)23)18(12-15)28-5-2/h9-10,12,16,21H,4-8,11,13-14H2,1-3H3. The molecule has 0 spiro atoms. The number of benzene rings is 1. The van der Waals surface area contributed by atoms with E-state index in [4.69, 9.17) is 4.74 Å². The van der Waals surface area contributed by atoms with Gasteiger partial charge in [-0.1, -0.05) is 13.0 Å². The van der Waals surface area contributed by atoms with E-state index in [1.54, 1.807) is 35.9 Å². The van der Waals surface area contributed by atoms with Crippen LogP contribution >= 0.6 is 0 Å². The summed E-state index contributed by atoms with van der Waals surface area (Å²) in [5, 5.41) is 0. The Kier molecular flexibility index (Phi) is 8.67. The summed E-state index contributed by atoms with van der Waals surface area (Å²) in [5.41, 5.74) is 0.751. The number of hydrogen-bond donors (Lipinski definition) is 0. The van der Waals surface area contributed by atoms with Gasteiger partial charge >= 0.3 is 6.61 Å². The fourth-order valence-electron chi connectivity index (χ4n) is 3.55. The molecule has 0 N–H and O–H groups in total. The molecule has 29 heavy (non-hydrogen) atoms. The Hall–Kier alpha value is -2.38. The highest BCUT2D eigenvalue weighted by Gasteiger charge is 2.30. The summed E-state index contributed by atoms with van der Waals surface area (Å²) in [7, 11) is 1.71. The van der Waals surface area contributed by atoms with Crippen LogP contribution in [0.15, 0.2) is 18.2 Å². The first-order valence-electron chi connectivity index (χ1n) is 10.1. The first-order valence-corrected chi connectivity index (χ1v) is 10.1. The molecule has 1 atom stereocenters. The maximum absolute atomic E-state index is 12.9. The summed E-state index contributed by atoms with van der Waals surface area (Å²) in [5.74, 6) is 0.0490. The van der Waals surface area contributed by atoms with E-state index in [2.05, 4.69) is 4.74 Å². The lowest BCUT2D eigenvalue weighted by Gasteiger charge is -2.34. The number of likely N-dealkylation sites (tertiary alicyclic amines) is 1. The van der Waals surface area contributed by atoms with Gasteiger partial charge in [-0.3, -0.25) is 9.59 Å². The molecule has 0 radical (unpaired) electrons. The van der Waals surface area contributed by atoms with Crippen molar-refractivity contribution in [2.75, 3.05) is 26.7 Å². The largest absolute Gasteiger partial charge is 0.490 e. The number of halogens is 2. The van der Waals surface area contributed by atoms with E-state index in [0.29, 0.717) is 32.7 Å². The Balaban J connectivity index is 2.03. The van der Waals surface area contributed by atoms with Gasteiger partial charge in [0.25, 0.3) is 0 Å². The minimum absolute atomic E-state index is 0.0233. The van der Waals surface area contributed by atoms with Crippen LogP contribution in [0.2, 0.25) is 0 Å². The van der Waals surface area contributed by atoms with Gasteiger partial charge < -0.3 is 19.3 Å². The monoisotopic (exact) mass is 412 g/mol. The third-order valence-corrected chi connectivity index (χ3v) is 4.91. The molecule has 0 aromatic heterocycles. The molecule has 1 saturated heterocycles. The molecular weight excluding hydrogens is 382 g/mol. The third-order valence-electron chi connectivity index (χ3n) is 4.91. The highest BCUT2D eigenvalue weighted by atomic mass is 19.3. The Morgan fingerprint density at radius 2 is 2.03 bits per heavy atom. The molecule has 0 aliphatic carbocycles. The van der Waals surface area contributed by atoms with Gasteiger partial charge in [0.1, 0.15) is 0 Å². The topological polar surface area (TPSA) is 59.1 Å². The van der Waals surface area contributed by atoms with Gasteiger partial charge in [0.2, 0.25) is 11.8 Å². The molecule has 1 aromatic rings. The van der Waals surface area contributed by atoms with Gasteiger partial charge in [0.15, 0.2) is 11.5 Å². The van der Waals surface area contributed by atoms with Crippen LogP contribution in [-0.4, -0.2) is 55.0 Å². The summed E-state index contributed by atoms with van der Waals surface area (Å²) in [4.78, 5) is 28.4. The van der Waals surface area contributed by atoms with Gasteiger partial charge in [-0.15, -0.1) is 0 Å². The van der Waals surface area contributed by atoms with Crippen molar-refractivity contribution in [3.63, 3.8) is 0 Å². The van der Waals surface area contributed by atoms with Crippen molar-refractivity contribution in [3.8, 4) is 11.5 Å². The maximum atomic E-state index is 12.9. The van der Waals surface area contributed by atoms with E-state index < -0.39 is 6.61 Å². The van der Waals surface area contributed by atoms with Crippen LogP contribution < -0.4 is 9.47 Å². The van der Waals surface area contributed by atoms with Crippen LogP contribution in [0.1, 0.15) is 45.1 Å². The predicted molar refractivity (Wildman–Crippen MR) is 105 cm³/mol. The average molecular weight is 412 g/mol. The van der Waals surface area contributed by atoms with Crippen molar-refractivity contribution in [3.05, 3.63) is 23.8 Å². The fraction of sp³-hybridized carbons (Fsp3) is 0.619. The highest BCUT2D eigenvalue weighted by molar-refractivity contribution is 5.81. The van der Waals surface area contributed by atoms with Crippen LogP contribution in [0, 0.1) is 5.92 Å². The Morgan fingerprint density at radius 1 is 1.28 bits per heavy atom. The van der Waals surface area contributed by atoms with E-state index in [0.717, 1.165) is 24.8 Å². The highest BCUT2D eigenvalue weighted by Crippen LogP contribution is 2.30. The van der Waals surface area contributed by atoms with Gasteiger partial charge in [-0.25, -0.2) is 0 Å². The van der Waals surface area contributed by atoms with Crippen molar-refractivity contribution in [1.29, 1.82) is 0 Å². The molecule has 1 aromatic carbocycles. The molecule has 8 heteroatoms. The van der Waals surface area contributed by atoms with Crippen molar-refractivity contribution in [1.82, 2.24) is 9.80 Å². The number of amides is 2. The molecular formula is C21H30F2N2O4. The third kappa shape index (κ3) is 6.58. The number of ether oxygens (including phenoxy) is 2. The number of nitrogens with zero attached hydrogens (tertiary/aromatic N) is 2. The Labute approximate surface area is 170 Å². The normalized spacial score (nSPS) is 16.6. The molecule has 2 amide bonds. The summed E-state index contributed by atoms with van der Waals surface area (Å²) < 4.78 is 35.0. The van der Waals surface area contributed by atoms with Crippen LogP contribution in [0.25, 0.3) is 0 Å². The number of carbonyl (C=O) groups is 2. The summed E-state index contributed by atoms with van der Waals surface area (Å²) >= 11 is 0. The summed E-state index contributed by atoms with van der Waals surface area (Å²) in [6, 6.07) is 4.68. The van der Waals surface area contributed by atoms with Crippen LogP contribution in [0.3, 0.4) is 0 Å². The van der Waals surface area contributed by atoms with Gasteiger partial charge in [0.05, 0.1) is 12.5 Å². The second-order valence-electron chi connectivity index (χ2n) is 7.22. The zero-order valence-electron chi connectivity index (χ0n) is 17.3. The molecule has 0 bridgehead atoms. The lowest BCUT2D eigenvalue weighted by molar-refractivity contribution is -0.140. The lowest BCUT2D eigenvalue weighted by atomic mass is 9.96. The van der Waals surface area contributed by atoms with Crippen molar-refractivity contribution >= 4 is 11.8 Å². The van der Waals surface area contributed by atoms with Crippen molar-refractivity contribution in [2.45, 2.75) is 52.7 Å². The Bertz CT molecular complexity index is 699. The zero-order valence-corrected chi connectivity index (χ0v) is 17.3. The van der Waals surface area contributed by atoms with Gasteiger partial charge in [-0.05, 0) is 43.9 Å². The molecule has 1 unspecified atom stereocenters. The number of hydrogen-bond acceptors (Lipinski definition) is 4. The predicted octanol–water partition coefficient (Wildman–Crippen LogP) is 3.68. The molecule has 2 rings (SSSR count). The number of carbonyl (C=O) groups excluding carboxylic acids is 2. The minimum atomic E-state index is -2.94. The van der Waals surface area contributed by atoms with Gasteiger partial charge in [0, 0.05) is 33.1 Å². The quantitative estimate of drug-likeness (QED) is 0.621. The molecule has 1 fully saturated rings. The zero-order chi connectivity index (χ0) is 21.4. The number of alkyl halides is 2. The first-order chi connectivity index (χ1) is 13.8. The molecule has 1 aliphatic rings. The van der Waals surface area contributed by atoms with Gasteiger partial charge in [-0.2, -0.15) is 8.78 Å².